The molecule has 2 aromatic carbocycles. The quantitative estimate of drug-likeness (QED) is 0.672. The topological polar surface area (TPSA) is 89.2 Å². The second kappa shape index (κ2) is 7.62. The van der Waals surface area contributed by atoms with Gasteiger partial charge < -0.3 is 10.2 Å². The third-order valence-electron chi connectivity index (χ3n) is 5.20. The smallest absolute Gasteiger partial charge is 0.324 e. The zero-order valence-electron chi connectivity index (χ0n) is 17.2. The highest BCUT2D eigenvalue weighted by Gasteiger charge is 2.26. The van der Waals surface area contributed by atoms with Crippen molar-refractivity contribution >= 4 is 23.2 Å². The molecular formula is C22H23N5O3. The van der Waals surface area contributed by atoms with E-state index in [1.807, 2.05) is 68.1 Å². The SMILES string of the molecule is Cc1ccc(N2CCn3c2nn(CC(=O)Nc2ccc(C)cc2C)c(=O)c3=O)cc1. The second-order valence-electron chi connectivity index (χ2n) is 7.57. The van der Waals surface area contributed by atoms with Crippen LogP contribution in [0.15, 0.2) is 52.1 Å². The number of fused-ring (bicyclic) bond motifs is 1. The number of anilines is 3. The first-order chi connectivity index (χ1) is 14.3. The summed E-state index contributed by atoms with van der Waals surface area (Å²) in [6.45, 7) is 6.44. The fraction of sp³-hybridized carbons (Fsp3) is 0.273. The molecule has 2 heterocycles. The van der Waals surface area contributed by atoms with Crippen LogP contribution in [0.25, 0.3) is 0 Å². The lowest BCUT2D eigenvalue weighted by Crippen LogP contribution is -2.44. The van der Waals surface area contributed by atoms with Gasteiger partial charge in [-0.1, -0.05) is 35.4 Å². The normalized spacial score (nSPS) is 12.7. The Morgan fingerprint density at radius 3 is 2.37 bits per heavy atom. The highest BCUT2D eigenvalue weighted by molar-refractivity contribution is 5.91. The van der Waals surface area contributed by atoms with E-state index in [1.165, 1.54) is 4.57 Å². The number of aromatic nitrogens is 3. The van der Waals surface area contributed by atoms with Gasteiger partial charge in [0.2, 0.25) is 11.9 Å². The van der Waals surface area contributed by atoms with E-state index in [4.69, 9.17) is 0 Å². The molecule has 0 atom stereocenters. The van der Waals surface area contributed by atoms with Gasteiger partial charge in [-0.05, 0) is 44.5 Å². The van der Waals surface area contributed by atoms with E-state index in [1.54, 1.807) is 0 Å². The Balaban J connectivity index is 1.63. The number of hydrogen-bond donors (Lipinski definition) is 1. The minimum atomic E-state index is -0.805. The van der Waals surface area contributed by atoms with E-state index in [9.17, 15) is 14.4 Å². The van der Waals surface area contributed by atoms with Crippen LogP contribution in [-0.2, 0) is 17.9 Å². The zero-order valence-corrected chi connectivity index (χ0v) is 17.2. The summed E-state index contributed by atoms with van der Waals surface area (Å²) in [6, 6.07) is 13.5. The Morgan fingerprint density at radius 1 is 0.967 bits per heavy atom. The van der Waals surface area contributed by atoms with Crippen molar-refractivity contribution in [1.29, 1.82) is 0 Å². The number of aryl methyl sites for hydroxylation is 3. The lowest BCUT2D eigenvalue weighted by Gasteiger charge is -2.18. The zero-order chi connectivity index (χ0) is 21.4. The molecule has 4 rings (SSSR count). The first-order valence-corrected chi connectivity index (χ1v) is 9.77. The maximum Gasteiger partial charge on any atom is 0.333 e. The number of carbonyl (C=O) groups is 1. The maximum absolute atomic E-state index is 12.6. The molecule has 3 aromatic rings. The van der Waals surface area contributed by atoms with E-state index in [0.29, 0.717) is 24.7 Å². The third-order valence-corrected chi connectivity index (χ3v) is 5.20. The monoisotopic (exact) mass is 405 g/mol. The van der Waals surface area contributed by atoms with Gasteiger partial charge in [-0.2, -0.15) is 0 Å². The molecule has 8 nitrogen and oxygen atoms in total. The predicted molar refractivity (Wildman–Crippen MR) is 115 cm³/mol. The van der Waals surface area contributed by atoms with Crippen molar-refractivity contribution in [3.63, 3.8) is 0 Å². The first-order valence-electron chi connectivity index (χ1n) is 9.77. The fourth-order valence-corrected chi connectivity index (χ4v) is 3.58. The van der Waals surface area contributed by atoms with E-state index >= 15 is 0 Å². The lowest BCUT2D eigenvalue weighted by atomic mass is 10.1. The van der Waals surface area contributed by atoms with Gasteiger partial charge in [0.05, 0.1) is 0 Å². The van der Waals surface area contributed by atoms with Crippen LogP contribution < -0.4 is 21.3 Å². The van der Waals surface area contributed by atoms with Crippen LogP contribution >= 0.6 is 0 Å². The molecule has 1 aliphatic heterocycles. The molecule has 0 radical (unpaired) electrons. The largest absolute Gasteiger partial charge is 0.333 e. The molecule has 1 aromatic heterocycles. The van der Waals surface area contributed by atoms with Crippen LogP contribution in [0.5, 0.6) is 0 Å². The number of amides is 1. The summed E-state index contributed by atoms with van der Waals surface area (Å²) in [5.41, 5.74) is 3.20. The summed E-state index contributed by atoms with van der Waals surface area (Å²) in [7, 11) is 0. The van der Waals surface area contributed by atoms with E-state index in [0.717, 1.165) is 27.1 Å². The molecule has 30 heavy (non-hydrogen) atoms. The van der Waals surface area contributed by atoms with Gasteiger partial charge in [0.15, 0.2) is 0 Å². The number of benzene rings is 2. The van der Waals surface area contributed by atoms with Crippen LogP contribution in [0.1, 0.15) is 16.7 Å². The standard InChI is InChI=1S/C22H23N5O3/c1-14-4-7-17(8-5-14)25-10-11-26-20(29)21(30)27(24-22(25)26)13-19(28)23-18-9-6-15(2)12-16(18)3/h4-9,12H,10-11,13H2,1-3H3,(H,23,28). The number of carbonyl (C=O) groups excluding carboxylic acids is 1. The molecule has 0 saturated carbocycles. The molecule has 1 aliphatic rings. The lowest BCUT2D eigenvalue weighted by molar-refractivity contribution is -0.117. The van der Waals surface area contributed by atoms with Crippen molar-refractivity contribution in [3.05, 3.63) is 79.9 Å². The molecule has 0 bridgehead atoms. The minimum Gasteiger partial charge on any atom is -0.324 e. The molecule has 154 valence electrons. The van der Waals surface area contributed by atoms with Crippen molar-refractivity contribution in [1.82, 2.24) is 14.3 Å². The van der Waals surface area contributed by atoms with Crippen molar-refractivity contribution in [2.45, 2.75) is 33.9 Å². The Hall–Kier alpha value is -3.68. The minimum absolute atomic E-state index is 0.336. The van der Waals surface area contributed by atoms with Gasteiger partial charge in [0.1, 0.15) is 6.54 Å². The molecule has 8 heteroatoms. The van der Waals surface area contributed by atoms with Crippen LogP contribution in [0.3, 0.4) is 0 Å². The van der Waals surface area contributed by atoms with Crippen molar-refractivity contribution in [3.8, 4) is 0 Å². The fourth-order valence-electron chi connectivity index (χ4n) is 3.58. The van der Waals surface area contributed by atoms with Crippen LogP contribution in [-0.4, -0.2) is 26.8 Å². The van der Waals surface area contributed by atoms with Crippen molar-refractivity contribution < 1.29 is 4.79 Å². The summed E-state index contributed by atoms with van der Waals surface area (Å²) in [6.07, 6.45) is 0. The van der Waals surface area contributed by atoms with Crippen molar-refractivity contribution in [2.24, 2.45) is 0 Å². The van der Waals surface area contributed by atoms with Gasteiger partial charge in [0.25, 0.3) is 0 Å². The average Bonchev–Trinajstić information content (AvgIpc) is 3.12. The predicted octanol–water partition coefficient (Wildman–Crippen LogP) is 2.12. The van der Waals surface area contributed by atoms with Gasteiger partial charge in [0, 0.05) is 24.5 Å². The molecule has 0 aliphatic carbocycles. The molecule has 0 saturated heterocycles. The highest BCUT2D eigenvalue weighted by atomic mass is 16.2. The summed E-state index contributed by atoms with van der Waals surface area (Å²) >= 11 is 0. The summed E-state index contributed by atoms with van der Waals surface area (Å²) in [5.74, 6) is -0.0523. The molecular weight excluding hydrogens is 382 g/mol. The van der Waals surface area contributed by atoms with E-state index < -0.39 is 17.0 Å². The number of nitrogens with zero attached hydrogens (tertiary/aromatic N) is 4. The van der Waals surface area contributed by atoms with Gasteiger partial charge in [-0.3, -0.25) is 19.0 Å². The van der Waals surface area contributed by atoms with Gasteiger partial charge >= 0.3 is 11.1 Å². The maximum atomic E-state index is 12.6. The molecule has 1 amide bonds. The Labute approximate surface area is 173 Å². The Morgan fingerprint density at radius 2 is 1.67 bits per heavy atom. The highest BCUT2D eigenvalue weighted by Crippen LogP contribution is 2.26. The van der Waals surface area contributed by atoms with Gasteiger partial charge in [-0.25, -0.2) is 4.68 Å². The van der Waals surface area contributed by atoms with Crippen LogP contribution in [0.2, 0.25) is 0 Å². The average molecular weight is 405 g/mol. The molecule has 0 fully saturated rings. The second-order valence-corrected chi connectivity index (χ2v) is 7.57. The number of hydrogen-bond acceptors (Lipinski definition) is 5. The van der Waals surface area contributed by atoms with E-state index in [-0.39, 0.29) is 6.54 Å². The van der Waals surface area contributed by atoms with Crippen LogP contribution in [0, 0.1) is 20.8 Å². The molecule has 0 spiro atoms. The number of nitrogens with one attached hydrogen (secondary N) is 1. The third kappa shape index (κ3) is 3.63. The molecule has 1 N–H and O–H groups in total. The van der Waals surface area contributed by atoms with Gasteiger partial charge in [-0.15, -0.1) is 5.10 Å². The summed E-state index contributed by atoms with van der Waals surface area (Å²) < 4.78 is 2.31. The summed E-state index contributed by atoms with van der Waals surface area (Å²) in [4.78, 5) is 39.5. The van der Waals surface area contributed by atoms with Crippen LogP contribution in [0.4, 0.5) is 17.3 Å². The summed E-state index contributed by atoms with van der Waals surface area (Å²) in [5, 5.41) is 7.13. The first kappa shape index (κ1) is 19.6. The van der Waals surface area contributed by atoms with Crippen molar-refractivity contribution in [2.75, 3.05) is 16.8 Å². The molecule has 0 unspecified atom stereocenters. The van der Waals surface area contributed by atoms with E-state index in [2.05, 4.69) is 10.4 Å². The Kier molecular flexibility index (Phi) is 4.99. The Bertz CT molecular complexity index is 1240. The number of rotatable bonds is 4.